The third-order valence-corrected chi connectivity index (χ3v) is 2.79. The van der Waals surface area contributed by atoms with Gasteiger partial charge in [0.15, 0.2) is 0 Å². The van der Waals surface area contributed by atoms with Gasteiger partial charge in [-0.3, -0.25) is 0 Å². The summed E-state index contributed by atoms with van der Waals surface area (Å²) in [4.78, 5) is 23.7. The van der Waals surface area contributed by atoms with Crippen molar-refractivity contribution in [2.45, 2.75) is 0 Å². The second-order valence-electron chi connectivity index (χ2n) is 3.49. The number of carbonyl (C=O) groups excluding carboxylic acids is 1. The summed E-state index contributed by atoms with van der Waals surface area (Å²) in [5, 5.41) is 11.4. The molecule has 0 aliphatic carbocycles. The van der Waals surface area contributed by atoms with Crippen molar-refractivity contribution in [3.05, 3.63) is 28.2 Å². The fourth-order valence-corrected chi connectivity index (χ4v) is 1.65. The fraction of sp³-hybridized carbons (Fsp3) is 0.167. The molecule has 2 amide bonds. The van der Waals surface area contributed by atoms with Gasteiger partial charge in [-0.25, -0.2) is 9.59 Å². The van der Waals surface area contributed by atoms with E-state index in [1.807, 2.05) is 0 Å². The van der Waals surface area contributed by atoms with Crippen LogP contribution in [0.1, 0.15) is 10.4 Å². The van der Waals surface area contributed by atoms with Gasteiger partial charge in [-0.05, 0) is 34.1 Å². The lowest BCUT2D eigenvalue weighted by Crippen LogP contribution is -2.31. The minimum absolute atomic E-state index is 0.136. The van der Waals surface area contributed by atoms with Crippen molar-refractivity contribution in [1.29, 1.82) is 0 Å². The molecule has 0 bridgehead atoms. The Labute approximate surface area is 113 Å². The highest BCUT2D eigenvalue weighted by Gasteiger charge is 2.11. The average molecular weight is 311 g/mol. The number of nitrogens with one attached hydrogen (secondary N) is 1. The molecule has 0 heterocycles. The van der Waals surface area contributed by atoms with E-state index in [-0.39, 0.29) is 18.1 Å². The van der Waals surface area contributed by atoms with Crippen LogP contribution in [0.15, 0.2) is 22.7 Å². The van der Waals surface area contributed by atoms with Gasteiger partial charge in [0.1, 0.15) is 0 Å². The molecule has 0 fully saturated rings. The number of rotatable bonds is 3. The van der Waals surface area contributed by atoms with Crippen molar-refractivity contribution < 1.29 is 14.7 Å². The molecule has 1 aromatic rings. The smallest absolute Gasteiger partial charge is 0.335 e. The molecule has 2 N–H and O–H groups in total. The second kappa shape index (κ2) is 6.07. The third-order valence-electron chi connectivity index (χ3n) is 2.13. The topological polar surface area (TPSA) is 69.6 Å². The fourth-order valence-electron chi connectivity index (χ4n) is 1.17. The number of carboxylic acid groups (broad SMARTS) is 1. The number of carbonyl (C=O) groups is 2. The van der Waals surface area contributed by atoms with Crippen molar-refractivity contribution in [2.75, 3.05) is 18.9 Å². The van der Waals surface area contributed by atoms with Crippen LogP contribution in [-0.4, -0.2) is 35.6 Å². The number of hydrogen-bond donors (Lipinski definition) is 2. The quantitative estimate of drug-likeness (QED) is 0.841. The molecule has 0 aromatic heterocycles. The van der Waals surface area contributed by atoms with E-state index in [2.05, 4.69) is 27.2 Å². The van der Waals surface area contributed by atoms with Gasteiger partial charge in [0.25, 0.3) is 0 Å². The van der Waals surface area contributed by atoms with Crippen LogP contribution in [0.3, 0.4) is 0 Å². The van der Waals surface area contributed by atoms with E-state index in [0.29, 0.717) is 10.2 Å². The first kappa shape index (κ1) is 14.1. The third kappa shape index (κ3) is 3.50. The van der Waals surface area contributed by atoms with Gasteiger partial charge in [0.05, 0.1) is 17.8 Å². The van der Waals surface area contributed by atoms with Crippen molar-refractivity contribution >= 4 is 33.6 Å². The number of anilines is 1. The van der Waals surface area contributed by atoms with Gasteiger partial charge in [0.2, 0.25) is 0 Å². The Morgan fingerprint density at radius 1 is 1.56 bits per heavy atom. The molecule has 0 spiro atoms. The zero-order valence-electron chi connectivity index (χ0n) is 9.61. The number of carboxylic acids is 1. The number of terminal acetylenes is 1. The molecule has 0 aliphatic heterocycles. The molecule has 0 aliphatic rings. The zero-order chi connectivity index (χ0) is 13.7. The van der Waals surface area contributed by atoms with Gasteiger partial charge in [0, 0.05) is 11.5 Å². The molecule has 0 atom stereocenters. The Balaban J connectivity index is 2.83. The van der Waals surface area contributed by atoms with Gasteiger partial charge in [-0.1, -0.05) is 5.92 Å². The highest BCUT2D eigenvalue weighted by Crippen LogP contribution is 2.23. The Bertz CT molecular complexity index is 523. The molecule has 0 unspecified atom stereocenters. The van der Waals surface area contributed by atoms with Crippen molar-refractivity contribution in [3.63, 3.8) is 0 Å². The normalized spacial score (nSPS) is 9.39. The maximum Gasteiger partial charge on any atom is 0.335 e. The van der Waals surface area contributed by atoms with Crippen LogP contribution in [0.2, 0.25) is 0 Å². The largest absolute Gasteiger partial charge is 0.478 e. The number of hydrogen-bond acceptors (Lipinski definition) is 2. The highest BCUT2D eigenvalue weighted by atomic mass is 79.9. The standard InChI is InChI=1S/C12H11BrN2O3/c1-3-6-15(2)12(18)14-10-5-4-8(11(16)17)7-9(10)13/h1,4-5,7H,6H2,2H3,(H,14,18)(H,16,17). The lowest BCUT2D eigenvalue weighted by molar-refractivity contribution is 0.0697. The summed E-state index contributed by atoms with van der Waals surface area (Å²) in [6.07, 6.45) is 5.10. The van der Waals surface area contributed by atoms with E-state index < -0.39 is 5.97 Å². The van der Waals surface area contributed by atoms with E-state index in [1.165, 1.54) is 23.1 Å². The summed E-state index contributed by atoms with van der Waals surface area (Å²) < 4.78 is 0.491. The number of nitrogens with zero attached hydrogens (tertiary/aromatic N) is 1. The van der Waals surface area contributed by atoms with Gasteiger partial charge >= 0.3 is 12.0 Å². The first-order chi connectivity index (χ1) is 8.45. The number of amides is 2. The number of urea groups is 1. The Morgan fingerprint density at radius 3 is 2.72 bits per heavy atom. The molecule has 0 saturated carbocycles. The number of halogens is 1. The molecule has 1 aromatic carbocycles. The SMILES string of the molecule is C#CCN(C)C(=O)Nc1ccc(C(=O)O)cc1Br. The van der Waals surface area contributed by atoms with Crippen LogP contribution in [0.5, 0.6) is 0 Å². The Morgan fingerprint density at radius 2 is 2.22 bits per heavy atom. The molecular formula is C12H11BrN2O3. The average Bonchev–Trinajstić information content (AvgIpc) is 2.31. The molecule has 5 nitrogen and oxygen atoms in total. The first-order valence-electron chi connectivity index (χ1n) is 4.94. The Hall–Kier alpha value is -2.00. The van der Waals surface area contributed by atoms with Crippen LogP contribution in [0, 0.1) is 12.3 Å². The molecule has 18 heavy (non-hydrogen) atoms. The first-order valence-corrected chi connectivity index (χ1v) is 5.73. The molecular weight excluding hydrogens is 300 g/mol. The number of aromatic carboxylic acids is 1. The summed E-state index contributed by atoms with van der Waals surface area (Å²) in [6.45, 7) is 0.191. The highest BCUT2D eigenvalue weighted by molar-refractivity contribution is 9.10. The van der Waals surface area contributed by atoms with Crippen LogP contribution >= 0.6 is 15.9 Å². The summed E-state index contributed by atoms with van der Waals surface area (Å²) >= 11 is 3.20. The van der Waals surface area contributed by atoms with Crippen LogP contribution in [-0.2, 0) is 0 Å². The van der Waals surface area contributed by atoms with E-state index in [9.17, 15) is 9.59 Å². The summed E-state index contributed by atoms with van der Waals surface area (Å²) in [5.74, 6) is 1.32. The van der Waals surface area contributed by atoms with Crippen LogP contribution in [0.4, 0.5) is 10.5 Å². The van der Waals surface area contributed by atoms with Gasteiger partial charge in [-0.2, -0.15) is 0 Å². The minimum Gasteiger partial charge on any atom is -0.478 e. The maximum absolute atomic E-state index is 11.7. The summed E-state index contributed by atoms with van der Waals surface area (Å²) in [7, 11) is 1.56. The van der Waals surface area contributed by atoms with E-state index in [0.717, 1.165) is 0 Å². The number of benzene rings is 1. The lowest BCUT2D eigenvalue weighted by atomic mass is 10.2. The molecule has 1 rings (SSSR count). The second-order valence-corrected chi connectivity index (χ2v) is 4.34. The van der Waals surface area contributed by atoms with E-state index in [1.54, 1.807) is 7.05 Å². The van der Waals surface area contributed by atoms with E-state index in [4.69, 9.17) is 11.5 Å². The monoisotopic (exact) mass is 310 g/mol. The Kier molecular flexibility index (Phi) is 4.75. The molecule has 94 valence electrons. The van der Waals surface area contributed by atoms with Crippen molar-refractivity contribution in [1.82, 2.24) is 4.90 Å². The van der Waals surface area contributed by atoms with Crippen LogP contribution < -0.4 is 5.32 Å². The molecule has 0 saturated heterocycles. The predicted molar refractivity (Wildman–Crippen MR) is 71.6 cm³/mol. The summed E-state index contributed by atoms with van der Waals surface area (Å²) in [6, 6.07) is 3.97. The maximum atomic E-state index is 11.7. The van der Waals surface area contributed by atoms with Gasteiger partial charge in [-0.15, -0.1) is 6.42 Å². The summed E-state index contributed by atoms with van der Waals surface area (Å²) in [5.41, 5.74) is 0.616. The molecule has 0 radical (unpaired) electrons. The zero-order valence-corrected chi connectivity index (χ0v) is 11.2. The van der Waals surface area contributed by atoms with Crippen molar-refractivity contribution in [2.24, 2.45) is 0 Å². The van der Waals surface area contributed by atoms with E-state index >= 15 is 0 Å². The lowest BCUT2D eigenvalue weighted by Gasteiger charge is -2.15. The van der Waals surface area contributed by atoms with Gasteiger partial charge < -0.3 is 15.3 Å². The van der Waals surface area contributed by atoms with Crippen molar-refractivity contribution in [3.8, 4) is 12.3 Å². The van der Waals surface area contributed by atoms with Crippen LogP contribution in [0.25, 0.3) is 0 Å². The predicted octanol–water partition coefficient (Wildman–Crippen LogP) is 2.24. The molecule has 6 heteroatoms. The minimum atomic E-state index is -1.03.